The quantitative estimate of drug-likeness (QED) is 0.913. The minimum Gasteiger partial charge on any atom is -0.357 e. The first-order chi connectivity index (χ1) is 11.4. The number of carbonyl (C=O) groups is 1. The van der Waals surface area contributed by atoms with Gasteiger partial charge in [0.1, 0.15) is 11.5 Å². The lowest BCUT2D eigenvalue weighted by Gasteiger charge is -2.33. The molecule has 0 unspecified atom stereocenters. The van der Waals surface area contributed by atoms with Gasteiger partial charge in [0.25, 0.3) is 5.91 Å². The van der Waals surface area contributed by atoms with E-state index >= 15 is 0 Å². The van der Waals surface area contributed by atoms with Crippen LogP contribution in [0.1, 0.15) is 16.1 Å². The molecule has 1 saturated heterocycles. The topological polar surface area (TPSA) is 73.5 Å². The molecule has 24 heavy (non-hydrogen) atoms. The fourth-order valence-electron chi connectivity index (χ4n) is 2.69. The molecule has 0 atom stereocenters. The van der Waals surface area contributed by atoms with Gasteiger partial charge in [0.05, 0.1) is 4.90 Å². The van der Waals surface area contributed by atoms with Gasteiger partial charge in [0.2, 0.25) is 10.0 Å². The minimum absolute atomic E-state index is 0.0746. The average Bonchev–Trinajstić information content (AvgIpc) is 3.11. The molecule has 0 spiro atoms. The van der Waals surface area contributed by atoms with Gasteiger partial charge in [0.15, 0.2) is 0 Å². The van der Waals surface area contributed by atoms with E-state index in [9.17, 15) is 17.6 Å². The summed E-state index contributed by atoms with van der Waals surface area (Å²) in [5.41, 5.74) is 0.775. The highest BCUT2D eigenvalue weighted by Crippen LogP contribution is 2.20. The van der Waals surface area contributed by atoms with Gasteiger partial charge in [0, 0.05) is 32.4 Å². The molecule has 0 saturated carbocycles. The van der Waals surface area contributed by atoms with Crippen LogP contribution in [-0.4, -0.2) is 54.7 Å². The smallest absolute Gasteiger partial charge is 0.270 e. The first-order valence-corrected chi connectivity index (χ1v) is 9.02. The number of rotatable bonds is 3. The van der Waals surface area contributed by atoms with Gasteiger partial charge in [-0.3, -0.25) is 4.79 Å². The second kappa shape index (κ2) is 6.37. The van der Waals surface area contributed by atoms with Crippen LogP contribution in [-0.2, 0) is 10.0 Å². The van der Waals surface area contributed by atoms with E-state index in [1.165, 1.54) is 23.4 Å². The zero-order valence-electron chi connectivity index (χ0n) is 13.2. The van der Waals surface area contributed by atoms with Crippen molar-refractivity contribution in [3.63, 3.8) is 0 Å². The molecule has 1 aromatic carbocycles. The number of benzene rings is 1. The van der Waals surface area contributed by atoms with Gasteiger partial charge in [-0.2, -0.15) is 4.31 Å². The Balaban J connectivity index is 1.71. The fraction of sp³-hybridized carbons (Fsp3) is 0.312. The lowest BCUT2D eigenvalue weighted by Crippen LogP contribution is -2.50. The molecule has 1 N–H and O–H groups in total. The van der Waals surface area contributed by atoms with Crippen LogP contribution in [0.2, 0.25) is 0 Å². The third-order valence-corrected chi connectivity index (χ3v) is 6.02. The lowest BCUT2D eigenvalue weighted by atomic mass is 10.2. The fourth-order valence-corrected chi connectivity index (χ4v) is 4.20. The molecule has 8 heteroatoms. The van der Waals surface area contributed by atoms with E-state index < -0.39 is 15.8 Å². The summed E-state index contributed by atoms with van der Waals surface area (Å²) in [5.74, 6) is -0.579. The molecule has 1 fully saturated rings. The van der Waals surface area contributed by atoms with E-state index in [-0.39, 0.29) is 29.5 Å². The van der Waals surface area contributed by atoms with Crippen LogP contribution < -0.4 is 0 Å². The number of aromatic amines is 1. The van der Waals surface area contributed by atoms with Crippen LogP contribution in [0.4, 0.5) is 4.39 Å². The standard InChI is InChI=1S/C16H18FN3O3S/c1-12-11-13(4-5-14(12)17)24(22,23)20-9-7-19(8-10-20)16(21)15-3-2-6-18-15/h2-6,11,18H,7-10H2,1H3. The molecular weight excluding hydrogens is 333 g/mol. The summed E-state index contributed by atoms with van der Waals surface area (Å²) in [7, 11) is -3.68. The molecule has 1 aliphatic rings. The van der Waals surface area contributed by atoms with Crippen molar-refractivity contribution in [2.75, 3.05) is 26.2 Å². The lowest BCUT2D eigenvalue weighted by molar-refractivity contribution is 0.0692. The highest BCUT2D eigenvalue weighted by Gasteiger charge is 2.30. The van der Waals surface area contributed by atoms with Crippen molar-refractivity contribution < 1.29 is 17.6 Å². The molecule has 2 aromatic rings. The Hall–Kier alpha value is -2.19. The summed E-state index contributed by atoms with van der Waals surface area (Å²) in [6.45, 7) is 2.59. The first-order valence-electron chi connectivity index (χ1n) is 7.58. The predicted molar refractivity (Wildman–Crippen MR) is 86.6 cm³/mol. The van der Waals surface area contributed by atoms with Crippen molar-refractivity contribution in [2.45, 2.75) is 11.8 Å². The number of aromatic nitrogens is 1. The Morgan fingerprint density at radius 3 is 2.46 bits per heavy atom. The number of nitrogens with one attached hydrogen (secondary N) is 1. The van der Waals surface area contributed by atoms with Gasteiger partial charge in [-0.1, -0.05) is 0 Å². The Morgan fingerprint density at radius 2 is 1.88 bits per heavy atom. The normalized spacial score (nSPS) is 16.3. The predicted octanol–water partition coefficient (Wildman–Crippen LogP) is 1.61. The van der Waals surface area contributed by atoms with Crippen molar-refractivity contribution in [1.29, 1.82) is 0 Å². The van der Waals surface area contributed by atoms with E-state index in [0.29, 0.717) is 18.8 Å². The number of hydrogen-bond donors (Lipinski definition) is 1. The molecule has 0 bridgehead atoms. The number of carbonyl (C=O) groups excluding carboxylic acids is 1. The molecule has 128 valence electrons. The van der Waals surface area contributed by atoms with Crippen molar-refractivity contribution in [3.8, 4) is 0 Å². The number of aryl methyl sites for hydroxylation is 1. The number of sulfonamides is 1. The Labute approximate surface area is 139 Å². The van der Waals surface area contributed by atoms with Gasteiger partial charge in [-0.05, 0) is 42.8 Å². The second-order valence-electron chi connectivity index (χ2n) is 5.69. The van der Waals surface area contributed by atoms with Gasteiger partial charge in [-0.25, -0.2) is 12.8 Å². The van der Waals surface area contributed by atoms with E-state index in [0.717, 1.165) is 6.07 Å². The van der Waals surface area contributed by atoms with Crippen molar-refractivity contribution in [2.24, 2.45) is 0 Å². The number of H-pyrrole nitrogens is 1. The number of hydrogen-bond acceptors (Lipinski definition) is 3. The maximum absolute atomic E-state index is 13.3. The van der Waals surface area contributed by atoms with E-state index in [1.54, 1.807) is 23.2 Å². The SMILES string of the molecule is Cc1cc(S(=O)(=O)N2CCN(C(=O)c3ccc[nH]3)CC2)ccc1F. The zero-order chi connectivity index (χ0) is 17.3. The Morgan fingerprint density at radius 1 is 1.17 bits per heavy atom. The Bertz CT molecular complexity index is 841. The summed E-state index contributed by atoms with van der Waals surface area (Å²) < 4.78 is 40.0. The summed E-state index contributed by atoms with van der Waals surface area (Å²) in [5, 5.41) is 0. The van der Waals surface area contributed by atoms with Crippen LogP contribution in [0.15, 0.2) is 41.4 Å². The largest absolute Gasteiger partial charge is 0.357 e. The van der Waals surface area contributed by atoms with Crippen LogP contribution in [0.5, 0.6) is 0 Å². The van der Waals surface area contributed by atoms with Crippen LogP contribution in [0, 0.1) is 12.7 Å². The first kappa shape index (κ1) is 16.7. The van der Waals surface area contributed by atoms with Crippen LogP contribution >= 0.6 is 0 Å². The molecule has 0 radical (unpaired) electrons. The minimum atomic E-state index is -3.68. The summed E-state index contributed by atoms with van der Waals surface area (Å²) in [4.78, 5) is 16.8. The van der Waals surface area contributed by atoms with Crippen LogP contribution in [0.25, 0.3) is 0 Å². The van der Waals surface area contributed by atoms with E-state index in [4.69, 9.17) is 0 Å². The van der Waals surface area contributed by atoms with Gasteiger partial charge < -0.3 is 9.88 Å². The van der Waals surface area contributed by atoms with E-state index in [2.05, 4.69) is 4.98 Å². The van der Waals surface area contributed by atoms with Gasteiger partial charge in [-0.15, -0.1) is 0 Å². The average molecular weight is 351 g/mol. The molecule has 1 aromatic heterocycles. The van der Waals surface area contributed by atoms with Crippen molar-refractivity contribution in [1.82, 2.24) is 14.2 Å². The molecule has 2 heterocycles. The molecular formula is C16H18FN3O3S. The number of amides is 1. The number of halogens is 1. The molecule has 3 rings (SSSR count). The molecule has 1 amide bonds. The third-order valence-electron chi connectivity index (χ3n) is 4.12. The molecule has 0 aliphatic carbocycles. The van der Waals surface area contributed by atoms with E-state index in [1.807, 2.05) is 0 Å². The number of piperazine rings is 1. The third kappa shape index (κ3) is 3.07. The summed E-state index contributed by atoms with van der Waals surface area (Å²) in [6, 6.07) is 7.19. The summed E-state index contributed by atoms with van der Waals surface area (Å²) >= 11 is 0. The monoisotopic (exact) mass is 351 g/mol. The highest BCUT2D eigenvalue weighted by atomic mass is 32.2. The molecule has 6 nitrogen and oxygen atoms in total. The second-order valence-corrected chi connectivity index (χ2v) is 7.63. The maximum atomic E-state index is 13.3. The Kier molecular flexibility index (Phi) is 4.42. The zero-order valence-corrected chi connectivity index (χ0v) is 14.0. The van der Waals surface area contributed by atoms with Gasteiger partial charge >= 0.3 is 0 Å². The highest BCUT2D eigenvalue weighted by molar-refractivity contribution is 7.89. The van der Waals surface area contributed by atoms with Crippen molar-refractivity contribution in [3.05, 3.63) is 53.6 Å². The number of nitrogens with zero attached hydrogens (tertiary/aromatic N) is 2. The van der Waals surface area contributed by atoms with Crippen LogP contribution in [0.3, 0.4) is 0 Å². The maximum Gasteiger partial charge on any atom is 0.270 e. The summed E-state index contributed by atoms with van der Waals surface area (Å²) in [6.07, 6.45) is 1.67. The van der Waals surface area contributed by atoms with Crippen molar-refractivity contribution >= 4 is 15.9 Å². The molecule has 1 aliphatic heterocycles.